The lowest BCUT2D eigenvalue weighted by molar-refractivity contribution is 0.581. The second-order valence-electron chi connectivity index (χ2n) is 5.78. The average molecular weight is 361 g/mol. The minimum Gasteiger partial charge on any atom is -0.240 e. The van der Waals surface area contributed by atoms with Crippen LogP contribution in [0.25, 0.3) is 10.2 Å². The molecule has 0 spiro atoms. The Balaban J connectivity index is 1.73. The van der Waals surface area contributed by atoms with Gasteiger partial charge in [-0.05, 0) is 42.2 Å². The fourth-order valence-electron chi connectivity index (χ4n) is 2.45. The Bertz CT molecular complexity index is 898. The molecule has 0 amide bonds. The van der Waals surface area contributed by atoms with Gasteiger partial charge in [0.1, 0.15) is 5.01 Å². The van der Waals surface area contributed by atoms with Crippen LogP contribution in [0, 0.1) is 0 Å². The van der Waals surface area contributed by atoms with Gasteiger partial charge in [0.2, 0.25) is 10.0 Å². The summed E-state index contributed by atoms with van der Waals surface area (Å²) in [5.41, 5.74) is 2.05. The topological polar surface area (TPSA) is 59.1 Å². The zero-order chi connectivity index (χ0) is 17.2. The quantitative estimate of drug-likeness (QED) is 0.713. The third-order valence-corrected chi connectivity index (χ3v) is 6.58. The molecule has 0 saturated heterocycles. The Labute approximate surface area is 146 Å². The molecule has 3 rings (SSSR count). The third kappa shape index (κ3) is 3.66. The minimum atomic E-state index is -3.53. The van der Waals surface area contributed by atoms with Crippen LogP contribution in [0.2, 0.25) is 0 Å². The van der Waals surface area contributed by atoms with Crippen LogP contribution in [0.4, 0.5) is 0 Å². The molecule has 1 heterocycles. The fourth-order valence-corrected chi connectivity index (χ4v) is 4.43. The van der Waals surface area contributed by atoms with E-state index in [1.165, 1.54) is 11.3 Å². The Morgan fingerprint density at radius 3 is 2.50 bits per heavy atom. The van der Waals surface area contributed by atoms with Crippen molar-refractivity contribution in [2.24, 2.45) is 0 Å². The van der Waals surface area contributed by atoms with Crippen LogP contribution in [0.15, 0.2) is 53.4 Å². The highest BCUT2D eigenvalue weighted by molar-refractivity contribution is 7.89. The second-order valence-corrected chi connectivity index (χ2v) is 8.66. The first-order valence-electron chi connectivity index (χ1n) is 7.93. The van der Waals surface area contributed by atoms with E-state index in [0.29, 0.717) is 5.92 Å². The lowest BCUT2D eigenvalue weighted by Gasteiger charge is -2.10. The second kappa shape index (κ2) is 7.01. The van der Waals surface area contributed by atoms with Gasteiger partial charge >= 0.3 is 0 Å². The third-order valence-electron chi connectivity index (χ3n) is 4.12. The molecule has 24 heavy (non-hydrogen) atoms. The first-order valence-corrected chi connectivity index (χ1v) is 10.2. The molecule has 1 unspecified atom stereocenters. The number of para-hydroxylation sites is 1. The number of hydrogen-bond donors (Lipinski definition) is 1. The highest BCUT2D eigenvalue weighted by atomic mass is 32.2. The van der Waals surface area contributed by atoms with E-state index in [0.717, 1.165) is 27.2 Å². The van der Waals surface area contributed by atoms with Crippen molar-refractivity contribution < 1.29 is 8.42 Å². The van der Waals surface area contributed by atoms with E-state index in [1.54, 1.807) is 12.1 Å². The molecular formula is C18H20N2O2S2. The van der Waals surface area contributed by atoms with Crippen molar-refractivity contribution >= 4 is 31.6 Å². The van der Waals surface area contributed by atoms with Gasteiger partial charge in [-0.3, -0.25) is 0 Å². The Morgan fingerprint density at radius 1 is 1.12 bits per heavy atom. The van der Waals surface area contributed by atoms with Gasteiger partial charge in [0.15, 0.2) is 0 Å². The van der Waals surface area contributed by atoms with Crippen molar-refractivity contribution in [2.75, 3.05) is 0 Å². The molecule has 0 saturated carbocycles. The summed E-state index contributed by atoms with van der Waals surface area (Å²) in [7, 11) is -3.53. The molecule has 126 valence electrons. The molecule has 0 aliphatic heterocycles. The average Bonchev–Trinajstić information content (AvgIpc) is 3.02. The normalized spacial score (nSPS) is 13.2. The highest BCUT2D eigenvalue weighted by Crippen LogP contribution is 2.23. The summed E-state index contributed by atoms with van der Waals surface area (Å²) in [4.78, 5) is 4.74. The van der Waals surface area contributed by atoms with Crippen LogP contribution in [-0.2, 0) is 16.6 Å². The number of aromatic nitrogens is 1. The maximum absolute atomic E-state index is 12.4. The Kier molecular flexibility index (Phi) is 4.99. The molecule has 0 aliphatic carbocycles. The Hall–Kier alpha value is -1.76. The number of nitrogens with one attached hydrogen (secondary N) is 1. The molecule has 0 radical (unpaired) electrons. The number of thiazole rings is 1. The number of benzene rings is 2. The molecule has 1 N–H and O–H groups in total. The van der Waals surface area contributed by atoms with Crippen molar-refractivity contribution in [1.82, 2.24) is 9.71 Å². The maximum atomic E-state index is 12.4. The van der Waals surface area contributed by atoms with Gasteiger partial charge in [-0.25, -0.2) is 18.1 Å². The maximum Gasteiger partial charge on any atom is 0.240 e. The van der Waals surface area contributed by atoms with Gasteiger partial charge in [-0.1, -0.05) is 38.1 Å². The van der Waals surface area contributed by atoms with Crippen LogP contribution in [0.3, 0.4) is 0 Å². The molecule has 2 aromatic carbocycles. The first kappa shape index (κ1) is 17.1. The molecule has 0 bridgehead atoms. The van der Waals surface area contributed by atoms with Crippen LogP contribution >= 0.6 is 11.3 Å². The minimum absolute atomic E-state index is 0.203. The first-order chi connectivity index (χ1) is 11.5. The monoisotopic (exact) mass is 360 g/mol. The van der Waals surface area contributed by atoms with Gasteiger partial charge < -0.3 is 0 Å². The summed E-state index contributed by atoms with van der Waals surface area (Å²) in [6, 6.07) is 14.9. The molecule has 1 aromatic heterocycles. The fraction of sp³-hybridized carbons (Fsp3) is 0.278. The largest absolute Gasteiger partial charge is 0.240 e. The smallest absolute Gasteiger partial charge is 0.240 e. The van der Waals surface area contributed by atoms with Gasteiger partial charge in [0, 0.05) is 0 Å². The van der Waals surface area contributed by atoms with Crippen molar-refractivity contribution in [3.63, 3.8) is 0 Å². The standard InChI is InChI=1S/C18H20N2O2S2/c1-3-13(2)14-8-10-15(11-9-14)24(21,22)19-12-18-20-16-6-4-5-7-17(16)23-18/h4-11,13,19H,3,12H2,1-2H3. The molecule has 0 fully saturated rings. The predicted molar refractivity (Wildman–Crippen MR) is 98.8 cm³/mol. The summed E-state index contributed by atoms with van der Waals surface area (Å²) < 4.78 is 28.6. The molecule has 4 nitrogen and oxygen atoms in total. The highest BCUT2D eigenvalue weighted by Gasteiger charge is 2.15. The van der Waals surface area contributed by atoms with Crippen LogP contribution in [0.1, 0.15) is 36.8 Å². The number of hydrogen-bond acceptors (Lipinski definition) is 4. The summed E-state index contributed by atoms with van der Waals surface area (Å²) in [6.07, 6.45) is 1.03. The summed E-state index contributed by atoms with van der Waals surface area (Å²) in [5.74, 6) is 0.428. The number of rotatable bonds is 6. The van der Waals surface area contributed by atoms with Gasteiger partial charge in [-0.2, -0.15) is 0 Å². The van der Waals surface area contributed by atoms with Crippen molar-refractivity contribution in [3.05, 3.63) is 59.1 Å². The zero-order valence-corrected chi connectivity index (χ0v) is 15.3. The lowest BCUT2D eigenvalue weighted by Crippen LogP contribution is -2.23. The van der Waals surface area contributed by atoms with Gasteiger partial charge in [-0.15, -0.1) is 11.3 Å². The van der Waals surface area contributed by atoms with E-state index in [1.807, 2.05) is 36.4 Å². The molecule has 0 aliphatic rings. The van der Waals surface area contributed by atoms with Crippen molar-refractivity contribution in [1.29, 1.82) is 0 Å². The molecular weight excluding hydrogens is 340 g/mol. The van der Waals surface area contributed by atoms with E-state index in [9.17, 15) is 8.42 Å². The van der Waals surface area contributed by atoms with E-state index in [-0.39, 0.29) is 11.4 Å². The Morgan fingerprint density at radius 2 is 1.83 bits per heavy atom. The lowest BCUT2D eigenvalue weighted by atomic mass is 9.99. The van der Waals surface area contributed by atoms with E-state index < -0.39 is 10.0 Å². The van der Waals surface area contributed by atoms with Crippen molar-refractivity contribution in [2.45, 2.75) is 37.6 Å². The number of fused-ring (bicyclic) bond motifs is 1. The van der Waals surface area contributed by atoms with E-state index >= 15 is 0 Å². The number of sulfonamides is 1. The van der Waals surface area contributed by atoms with Gasteiger partial charge in [0.25, 0.3) is 0 Å². The van der Waals surface area contributed by atoms with Crippen LogP contribution < -0.4 is 4.72 Å². The molecule has 1 atom stereocenters. The van der Waals surface area contributed by atoms with Gasteiger partial charge in [0.05, 0.1) is 21.7 Å². The van der Waals surface area contributed by atoms with E-state index in [4.69, 9.17) is 0 Å². The summed E-state index contributed by atoms with van der Waals surface area (Å²) in [5, 5.41) is 0.760. The van der Waals surface area contributed by atoms with Crippen molar-refractivity contribution in [3.8, 4) is 0 Å². The SMILES string of the molecule is CCC(C)c1ccc(S(=O)(=O)NCc2nc3ccccc3s2)cc1. The van der Waals surface area contributed by atoms with E-state index in [2.05, 4.69) is 23.6 Å². The molecule has 6 heteroatoms. The number of nitrogens with zero attached hydrogens (tertiary/aromatic N) is 1. The summed E-state index contributed by atoms with van der Waals surface area (Å²) in [6.45, 7) is 4.46. The van der Waals surface area contributed by atoms with Crippen LogP contribution in [-0.4, -0.2) is 13.4 Å². The zero-order valence-electron chi connectivity index (χ0n) is 13.7. The van der Waals surface area contributed by atoms with Crippen LogP contribution in [0.5, 0.6) is 0 Å². The molecule has 3 aromatic rings. The summed E-state index contributed by atoms with van der Waals surface area (Å²) >= 11 is 1.50. The predicted octanol–water partition coefficient (Wildman–Crippen LogP) is 4.29.